The summed E-state index contributed by atoms with van der Waals surface area (Å²) in [5.74, 6) is -0.213. The third kappa shape index (κ3) is 3.63. The molecule has 0 saturated carbocycles. The van der Waals surface area contributed by atoms with Gasteiger partial charge in [0.2, 0.25) is 0 Å². The number of rotatable bonds is 4. The van der Waals surface area contributed by atoms with Gasteiger partial charge in [-0.25, -0.2) is 9.07 Å². The fourth-order valence-corrected chi connectivity index (χ4v) is 1.86. The molecule has 2 rings (SSSR count). The third-order valence-electron chi connectivity index (χ3n) is 3.17. The van der Waals surface area contributed by atoms with E-state index in [1.54, 1.807) is 12.1 Å². The zero-order valence-electron chi connectivity index (χ0n) is 12.4. The monoisotopic (exact) mass is 276 g/mol. The molecule has 5 heteroatoms. The van der Waals surface area contributed by atoms with E-state index in [4.69, 9.17) is 0 Å². The van der Waals surface area contributed by atoms with Crippen LogP contribution in [0.4, 0.5) is 4.39 Å². The summed E-state index contributed by atoms with van der Waals surface area (Å²) in [6.45, 7) is 8.84. The highest BCUT2D eigenvalue weighted by Gasteiger charge is 2.15. The Morgan fingerprint density at radius 3 is 2.70 bits per heavy atom. The summed E-state index contributed by atoms with van der Waals surface area (Å²) < 4.78 is 15.0. The van der Waals surface area contributed by atoms with Crippen molar-refractivity contribution in [3.05, 3.63) is 47.5 Å². The normalized spacial score (nSPS) is 13.4. The van der Waals surface area contributed by atoms with Crippen LogP contribution in [-0.2, 0) is 12.1 Å². The van der Waals surface area contributed by atoms with Crippen molar-refractivity contribution < 1.29 is 4.39 Å². The number of aromatic nitrogens is 3. The molecule has 1 N–H and O–H groups in total. The van der Waals surface area contributed by atoms with Crippen LogP contribution < -0.4 is 5.32 Å². The minimum atomic E-state index is -0.213. The summed E-state index contributed by atoms with van der Waals surface area (Å²) in [4.78, 5) is 0. The number of nitrogens with one attached hydrogen (secondary N) is 1. The lowest BCUT2D eigenvalue weighted by molar-refractivity contribution is 0.347. The quantitative estimate of drug-likeness (QED) is 0.933. The van der Waals surface area contributed by atoms with Crippen molar-refractivity contribution in [3.63, 3.8) is 0 Å². The summed E-state index contributed by atoms with van der Waals surface area (Å²) in [6.07, 6.45) is 1.94. The predicted octanol–water partition coefficient (Wildman–Crippen LogP) is 3.02. The molecular weight excluding hydrogens is 255 g/mol. The smallest absolute Gasteiger partial charge is 0.123 e. The van der Waals surface area contributed by atoms with Crippen LogP contribution >= 0.6 is 0 Å². The molecule has 0 spiro atoms. The molecule has 1 aromatic heterocycles. The van der Waals surface area contributed by atoms with Gasteiger partial charge in [0, 0.05) is 12.6 Å². The van der Waals surface area contributed by atoms with E-state index in [0.717, 1.165) is 11.3 Å². The number of nitrogens with zero attached hydrogens (tertiary/aromatic N) is 3. The molecule has 20 heavy (non-hydrogen) atoms. The van der Waals surface area contributed by atoms with Crippen molar-refractivity contribution in [2.24, 2.45) is 0 Å². The Labute approximate surface area is 119 Å². The van der Waals surface area contributed by atoms with Crippen LogP contribution in [0.15, 0.2) is 30.5 Å². The van der Waals surface area contributed by atoms with Gasteiger partial charge in [0.25, 0.3) is 0 Å². The molecule has 108 valence electrons. The van der Waals surface area contributed by atoms with Gasteiger partial charge in [-0.3, -0.25) is 0 Å². The van der Waals surface area contributed by atoms with Crippen LogP contribution in [0.25, 0.3) is 0 Å². The molecule has 0 aliphatic carbocycles. The zero-order chi connectivity index (χ0) is 14.8. The molecule has 0 fully saturated rings. The highest BCUT2D eigenvalue weighted by molar-refractivity contribution is 5.19. The molecule has 0 aliphatic heterocycles. The first-order valence-corrected chi connectivity index (χ1v) is 6.77. The SMILES string of the molecule is CC(NCc1cn(C(C)(C)C)nn1)c1cccc(F)c1. The molecule has 2 aromatic rings. The number of hydrogen-bond acceptors (Lipinski definition) is 3. The van der Waals surface area contributed by atoms with Crippen molar-refractivity contribution in [3.8, 4) is 0 Å². The largest absolute Gasteiger partial charge is 0.304 e. The van der Waals surface area contributed by atoms with E-state index >= 15 is 0 Å². The molecule has 0 amide bonds. The molecule has 0 bridgehead atoms. The summed E-state index contributed by atoms with van der Waals surface area (Å²) in [7, 11) is 0. The van der Waals surface area contributed by atoms with Crippen molar-refractivity contribution in [2.75, 3.05) is 0 Å². The highest BCUT2D eigenvalue weighted by atomic mass is 19.1. The minimum absolute atomic E-state index is 0.0606. The van der Waals surface area contributed by atoms with Crippen LogP contribution in [0, 0.1) is 5.82 Å². The van der Waals surface area contributed by atoms with Crippen LogP contribution in [0.5, 0.6) is 0 Å². The summed E-state index contributed by atoms with van der Waals surface area (Å²) in [5, 5.41) is 11.6. The van der Waals surface area contributed by atoms with Crippen molar-refractivity contribution >= 4 is 0 Å². The first kappa shape index (κ1) is 14.7. The standard InChI is InChI=1S/C15H21FN4/c1-11(12-6-5-7-13(16)8-12)17-9-14-10-20(19-18-14)15(2,3)4/h5-8,10-11,17H,9H2,1-4H3. The van der Waals surface area contributed by atoms with Crippen LogP contribution in [0.3, 0.4) is 0 Å². The Bertz CT molecular complexity index is 571. The topological polar surface area (TPSA) is 42.7 Å². The molecule has 1 unspecified atom stereocenters. The number of halogens is 1. The van der Waals surface area contributed by atoms with Gasteiger partial charge in [0.05, 0.1) is 17.4 Å². The van der Waals surface area contributed by atoms with Crippen molar-refractivity contribution in [2.45, 2.75) is 45.8 Å². The third-order valence-corrected chi connectivity index (χ3v) is 3.17. The van der Waals surface area contributed by atoms with E-state index in [0.29, 0.717) is 6.54 Å². The summed E-state index contributed by atoms with van der Waals surface area (Å²) in [6, 6.07) is 6.69. The Morgan fingerprint density at radius 2 is 2.10 bits per heavy atom. The molecule has 1 aromatic carbocycles. The maximum Gasteiger partial charge on any atom is 0.123 e. The second kappa shape index (κ2) is 5.71. The molecule has 4 nitrogen and oxygen atoms in total. The average molecular weight is 276 g/mol. The highest BCUT2D eigenvalue weighted by Crippen LogP contribution is 2.15. The van der Waals surface area contributed by atoms with E-state index in [1.165, 1.54) is 6.07 Å². The minimum Gasteiger partial charge on any atom is -0.304 e. The summed E-state index contributed by atoms with van der Waals surface area (Å²) >= 11 is 0. The Morgan fingerprint density at radius 1 is 1.35 bits per heavy atom. The molecule has 0 saturated heterocycles. The Balaban J connectivity index is 1.97. The first-order valence-electron chi connectivity index (χ1n) is 6.77. The zero-order valence-corrected chi connectivity index (χ0v) is 12.4. The second-order valence-electron chi connectivity index (χ2n) is 5.98. The fraction of sp³-hybridized carbons (Fsp3) is 0.467. The van der Waals surface area contributed by atoms with Gasteiger partial charge in [-0.15, -0.1) is 5.10 Å². The molecule has 0 radical (unpaired) electrons. The lowest BCUT2D eigenvalue weighted by Gasteiger charge is -2.17. The number of benzene rings is 1. The van der Waals surface area contributed by atoms with Gasteiger partial charge in [0.1, 0.15) is 5.82 Å². The van der Waals surface area contributed by atoms with Crippen molar-refractivity contribution in [1.82, 2.24) is 20.3 Å². The lowest BCUT2D eigenvalue weighted by atomic mass is 10.1. The molecule has 1 heterocycles. The first-order chi connectivity index (χ1) is 9.36. The van der Waals surface area contributed by atoms with Gasteiger partial charge >= 0.3 is 0 Å². The van der Waals surface area contributed by atoms with E-state index in [2.05, 4.69) is 36.4 Å². The van der Waals surface area contributed by atoms with Gasteiger partial charge in [0.15, 0.2) is 0 Å². The van der Waals surface area contributed by atoms with Crippen molar-refractivity contribution in [1.29, 1.82) is 0 Å². The second-order valence-corrected chi connectivity index (χ2v) is 5.98. The van der Waals surface area contributed by atoms with Crippen LogP contribution in [-0.4, -0.2) is 15.0 Å². The van der Waals surface area contributed by atoms with E-state index in [-0.39, 0.29) is 17.4 Å². The number of hydrogen-bond donors (Lipinski definition) is 1. The average Bonchev–Trinajstić information content (AvgIpc) is 2.84. The van der Waals surface area contributed by atoms with E-state index in [9.17, 15) is 4.39 Å². The van der Waals surface area contributed by atoms with Gasteiger partial charge in [-0.1, -0.05) is 17.3 Å². The van der Waals surface area contributed by atoms with Gasteiger partial charge < -0.3 is 5.32 Å². The molecule has 0 aliphatic rings. The molecular formula is C15H21FN4. The fourth-order valence-electron chi connectivity index (χ4n) is 1.86. The maximum atomic E-state index is 13.2. The predicted molar refractivity (Wildman–Crippen MR) is 76.7 cm³/mol. The van der Waals surface area contributed by atoms with Gasteiger partial charge in [-0.2, -0.15) is 0 Å². The van der Waals surface area contributed by atoms with Crippen LogP contribution in [0.1, 0.15) is 45.0 Å². The lowest BCUT2D eigenvalue weighted by Crippen LogP contribution is -2.22. The summed E-state index contributed by atoms with van der Waals surface area (Å²) in [5.41, 5.74) is 1.73. The van der Waals surface area contributed by atoms with E-state index in [1.807, 2.05) is 23.9 Å². The Kier molecular flexibility index (Phi) is 4.18. The van der Waals surface area contributed by atoms with Gasteiger partial charge in [-0.05, 0) is 45.4 Å². The molecule has 1 atom stereocenters. The van der Waals surface area contributed by atoms with Crippen LogP contribution in [0.2, 0.25) is 0 Å². The van der Waals surface area contributed by atoms with E-state index < -0.39 is 0 Å². The maximum absolute atomic E-state index is 13.2. The Hall–Kier alpha value is -1.75.